The second kappa shape index (κ2) is 8.36. The minimum atomic E-state index is -0.132. The van der Waals surface area contributed by atoms with Crippen LogP contribution in [0.25, 0.3) is 10.8 Å². The molecule has 3 N–H and O–H groups in total. The first kappa shape index (κ1) is 18.5. The normalized spacial score (nSPS) is 10.4. The van der Waals surface area contributed by atoms with E-state index in [0.29, 0.717) is 6.42 Å². The Labute approximate surface area is 158 Å². The number of benzene rings is 3. The third kappa shape index (κ3) is 4.64. The molecule has 0 saturated carbocycles. The molecule has 0 aliphatic carbocycles. The summed E-state index contributed by atoms with van der Waals surface area (Å²) < 4.78 is 0. The lowest BCUT2D eigenvalue weighted by atomic mass is 10.1. The molecule has 0 atom stereocenters. The monoisotopic (exact) mass is 361 g/mol. The summed E-state index contributed by atoms with van der Waals surface area (Å²) in [6.45, 7) is 3.86. The van der Waals surface area contributed by atoms with Gasteiger partial charge in [0.1, 0.15) is 0 Å². The van der Waals surface area contributed by atoms with Gasteiger partial charge in [-0.3, -0.25) is 9.59 Å². The first-order valence-corrected chi connectivity index (χ1v) is 8.99. The van der Waals surface area contributed by atoms with Crippen molar-refractivity contribution in [2.24, 2.45) is 0 Å². The van der Waals surface area contributed by atoms with Crippen LogP contribution in [0.1, 0.15) is 18.9 Å². The third-order valence-electron chi connectivity index (χ3n) is 4.40. The van der Waals surface area contributed by atoms with Crippen LogP contribution in [0.4, 0.5) is 17.1 Å². The summed E-state index contributed by atoms with van der Waals surface area (Å²) in [7, 11) is 0. The minimum absolute atomic E-state index is 0.0377. The molecule has 0 radical (unpaired) electrons. The Balaban J connectivity index is 1.63. The second-order valence-electron chi connectivity index (χ2n) is 6.34. The minimum Gasteiger partial charge on any atom is -0.376 e. The Morgan fingerprint density at radius 1 is 0.815 bits per heavy atom. The Bertz CT molecular complexity index is 982. The van der Waals surface area contributed by atoms with Crippen LogP contribution in [0, 0.1) is 6.92 Å². The fraction of sp³-hybridized carbons (Fsp3) is 0.182. The summed E-state index contributed by atoms with van der Waals surface area (Å²) in [6.07, 6.45) is 0.422. The average Bonchev–Trinajstić information content (AvgIpc) is 2.68. The van der Waals surface area contributed by atoms with Crippen molar-refractivity contribution in [3.8, 4) is 0 Å². The zero-order valence-electron chi connectivity index (χ0n) is 15.5. The van der Waals surface area contributed by atoms with Gasteiger partial charge in [0.2, 0.25) is 11.8 Å². The number of anilines is 3. The lowest BCUT2D eigenvalue weighted by Crippen LogP contribution is -2.22. The van der Waals surface area contributed by atoms with Crippen LogP contribution in [0.5, 0.6) is 0 Å². The molecule has 0 saturated heterocycles. The average molecular weight is 361 g/mol. The number of hydrogen-bond acceptors (Lipinski definition) is 3. The van der Waals surface area contributed by atoms with Gasteiger partial charge in [-0.2, -0.15) is 0 Å². The molecule has 5 nitrogen and oxygen atoms in total. The Morgan fingerprint density at radius 3 is 2.33 bits per heavy atom. The molecule has 0 aromatic heterocycles. The van der Waals surface area contributed by atoms with E-state index in [1.807, 2.05) is 74.5 Å². The topological polar surface area (TPSA) is 70.2 Å². The molecular formula is C22H23N3O2. The molecule has 3 rings (SSSR count). The van der Waals surface area contributed by atoms with Gasteiger partial charge in [-0.25, -0.2) is 0 Å². The van der Waals surface area contributed by atoms with Crippen molar-refractivity contribution < 1.29 is 9.59 Å². The van der Waals surface area contributed by atoms with Gasteiger partial charge in [0, 0.05) is 23.5 Å². The molecule has 0 unspecified atom stereocenters. The highest BCUT2D eigenvalue weighted by Gasteiger charge is 2.08. The second-order valence-corrected chi connectivity index (χ2v) is 6.34. The molecule has 27 heavy (non-hydrogen) atoms. The van der Waals surface area contributed by atoms with Crippen LogP contribution in [0.15, 0.2) is 60.7 Å². The molecule has 138 valence electrons. The fourth-order valence-electron chi connectivity index (χ4n) is 2.85. The largest absolute Gasteiger partial charge is 0.376 e. The molecule has 0 bridgehead atoms. The predicted molar refractivity (Wildman–Crippen MR) is 111 cm³/mol. The Kier molecular flexibility index (Phi) is 5.71. The predicted octanol–water partition coefficient (Wildman–Crippen LogP) is 4.55. The maximum Gasteiger partial charge on any atom is 0.243 e. The molecule has 0 aliphatic heterocycles. The van der Waals surface area contributed by atoms with Crippen molar-refractivity contribution in [2.45, 2.75) is 20.3 Å². The van der Waals surface area contributed by atoms with Gasteiger partial charge >= 0.3 is 0 Å². The van der Waals surface area contributed by atoms with Crippen LogP contribution in [0.3, 0.4) is 0 Å². The van der Waals surface area contributed by atoms with Gasteiger partial charge in [-0.15, -0.1) is 0 Å². The van der Waals surface area contributed by atoms with Crippen molar-refractivity contribution in [2.75, 3.05) is 22.5 Å². The van der Waals surface area contributed by atoms with E-state index in [2.05, 4.69) is 16.0 Å². The highest BCUT2D eigenvalue weighted by atomic mass is 16.2. The van der Waals surface area contributed by atoms with Crippen LogP contribution in [0.2, 0.25) is 0 Å². The van der Waals surface area contributed by atoms with Gasteiger partial charge in [0.05, 0.1) is 6.54 Å². The summed E-state index contributed by atoms with van der Waals surface area (Å²) in [5.74, 6) is -0.169. The van der Waals surface area contributed by atoms with E-state index in [0.717, 1.165) is 33.4 Å². The van der Waals surface area contributed by atoms with Crippen LogP contribution in [-0.2, 0) is 9.59 Å². The molecular weight excluding hydrogens is 338 g/mol. The third-order valence-corrected chi connectivity index (χ3v) is 4.40. The summed E-state index contributed by atoms with van der Waals surface area (Å²) in [5.41, 5.74) is 3.23. The van der Waals surface area contributed by atoms with Gasteiger partial charge in [0.15, 0.2) is 0 Å². The Hall–Kier alpha value is -3.34. The number of carbonyl (C=O) groups is 2. The van der Waals surface area contributed by atoms with Crippen molar-refractivity contribution >= 4 is 39.6 Å². The lowest BCUT2D eigenvalue weighted by molar-refractivity contribution is -0.116. The van der Waals surface area contributed by atoms with Crippen LogP contribution in [-0.4, -0.2) is 18.4 Å². The molecule has 0 spiro atoms. The summed E-state index contributed by atoms with van der Waals surface area (Å²) in [6, 6.07) is 19.4. The summed E-state index contributed by atoms with van der Waals surface area (Å²) >= 11 is 0. The fourth-order valence-corrected chi connectivity index (χ4v) is 2.85. The standard InChI is InChI=1S/C22H23N3O2/c1-3-21(26)25-20-10-6-9-19(15(20)2)23-14-22(27)24-18-12-11-16-7-4-5-8-17(16)13-18/h4-13,23H,3,14H2,1-2H3,(H,24,27)(H,25,26). The van der Waals surface area contributed by atoms with Crippen molar-refractivity contribution in [1.82, 2.24) is 0 Å². The van der Waals surface area contributed by atoms with Crippen LogP contribution >= 0.6 is 0 Å². The van der Waals surface area contributed by atoms with E-state index in [9.17, 15) is 9.59 Å². The van der Waals surface area contributed by atoms with E-state index >= 15 is 0 Å². The zero-order valence-corrected chi connectivity index (χ0v) is 15.5. The molecule has 2 amide bonds. The number of nitrogens with one attached hydrogen (secondary N) is 3. The quantitative estimate of drug-likeness (QED) is 0.603. The molecule has 0 fully saturated rings. The smallest absolute Gasteiger partial charge is 0.243 e. The highest BCUT2D eigenvalue weighted by molar-refractivity contribution is 5.97. The number of carbonyl (C=O) groups excluding carboxylic acids is 2. The first-order chi connectivity index (χ1) is 13.1. The lowest BCUT2D eigenvalue weighted by Gasteiger charge is -2.14. The molecule has 3 aromatic rings. The number of fused-ring (bicyclic) bond motifs is 1. The van der Waals surface area contributed by atoms with Crippen LogP contribution < -0.4 is 16.0 Å². The Morgan fingerprint density at radius 2 is 1.56 bits per heavy atom. The van der Waals surface area contributed by atoms with Crippen molar-refractivity contribution in [3.63, 3.8) is 0 Å². The van der Waals surface area contributed by atoms with E-state index in [-0.39, 0.29) is 18.4 Å². The van der Waals surface area contributed by atoms with E-state index in [4.69, 9.17) is 0 Å². The maximum absolute atomic E-state index is 12.3. The van der Waals surface area contributed by atoms with Crippen molar-refractivity contribution in [1.29, 1.82) is 0 Å². The number of hydrogen-bond donors (Lipinski definition) is 3. The van der Waals surface area contributed by atoms with E-state index in [1.165, 1.54) is 0 Å². The van der Waals surface area contributed by atoms with Crippen molar-refractivity contribution in [3.05, 3.63) is 66.2 Å². The zero-order chi connectivity index (χ0) is 19.2. The highest BCUT2D eigenvalue weighted by Crippen LogP contribution is 2.23. The van der Waals surface area contributed by atoms with E-state index < -0.39 is 0 Å². The van der Waals surface area contributed by atoms with E-state index in [1.54, 1.807) is 0 Å². The van der Waals surface area contributed by atoms with Gasteiger partial charge < -0.3 is 16.0 Å². The SMILES string of the molecule is CCC(=O)Nc1cccc(NCC(=O)Nc2ccc3ccccc3c2)c1C. The summed E-state index contributed by atoms with van der Waals surface area (Å²) in [5, 5.41) is 11.1. The van der Waals surface area contributed by atoms with Gasteiger partial charge in [0.25, 0.3) is 0 Å². The van der Waals surface area contributed by atoms with Gasteiger partial charge in [-0.1, -0.05) is 43.3 Å². The maximum atomic E-state index is 12.3. The molecule has 5 heteroatoms. The molecule has 0 aliphatic rings. The van der Waals surface area contributed by atoms with Gasteiger partial charge in [-0.05, 0) is 47.5 Å². The summed E-state index contributed by atoms with van der Waals surface area (Å²) in [4.78, 5) is 23.9. The molecule has 3 aromatic carbocycles. The molecule has 0 heterocycles. The number of amides is 2. The first-order valence-electron chi connectivity index (χ1n) is 8.99. The number of rotatable bonds is 6.